The van der Waals surface area contributed by atoms with E-state index in [-0.39, 0.29) is 13.2 Å². The van der Waals surface area contributed by atoms with Crippen LogP contribution in [0.25, 0.3) is 10.4 Å². The Morgan fingerprint density at radius 1 is 0.941 bits per heavy atom. The highest BCUT2D eigenvalue weighted by molar-refractivity contribution is 4.99. The van der Waals surface area contributed by atoms with Gasteiger partial charge in [-0.05, 0) is 5.53 Å². The highest BCUT2D eigenvalue weighted by atomic mass is 16.5. The van der Waals surface area contributed by atoms with Gasteiger partial charge in [0.2, 0.25) is 0 Å². The first-order chi connectivity index (χ1) is 8.00. The van der Waals surface area contributed by atoms with Crippen LogP contribution in [0.2, 0.25) is 0 Å². The Hall–Kier alpha value is -0.930. The lowest BCUT2D eigenvalue weighted by Gasteiger charge is -2.41. The fourth-order valence-corrected chi connectivity index (χ4v) is 1.67. The van der Waals surface area contributed by atoms with E-state index in [1.54, 1.807) is 0 Å². The smallest absolute Gasteiger partial charge is 0.114 e. The third kappa shape index (κ3) is 3.05. The molecule has 0 aromatic carbocycles. The summed E-state index contributed by atoms with van der Waals surface area (Å²) >= 11 is 0. The molecular formula is C8H15N3O6. The van der Waals surface area contributed by atoms with E-state index in [9.17, 15) is 25.5 Å². The number of aliphatic hydroxyl groups excluding tert-OH is 5. The van der Waals surface area contributed by atoms with E-state index < -0.39 is 36.6 Å². The van der Waals surface area contributed by atoms with Gasteiger partial charge in [0, 0.05) is 11.5 Å². The van der Waals surface area contributed by atoms with Crippen molar-refractivity contribution in [1.29, 1.82) is 0 Å². The molecule has 0 aliphatic heterocycles. The lowest BCUT2D eigenvalue weighted by atomic mass is 9.85. The topological polar surface area (TPSA) is 159 Å². The van der Waals surface area contributed by atoms with Crippen molar-refractivity contribution in [3.05, 3.63) is 10.4 Å². The summed E-state index contributed by atoms with van der Waals surface area (Å²) in [5, 5.41) is 50.3. The lowest BCUT2D eigenvalue weighted by Crippen LogP contribution is -2.64. The molecule has 0 unspecified atom stereocenters. The maximum atomic E-state index is 9.54. The molecule has 0 aromatic heterocycles. The van der Waals surface area contributed by atoms with Crippen LogP contribution in [0.5, 0.6) is 0 Å². The van der Waals surface area contributed by atoms with Crippen LogP contribution >= 0.6 is 0 Å². The first-order valence-corrected chi connectivity index (χ1v) is 5.03. The lowest BCUT2D eigenvalue weighted by molar-refractivity contribution is -0.234. The van der Waals surface area contributed by atoms with Gasteiger partial charge in [-0.25, -0.2) is 0 Å². The highest BCUT2D eigenvalue weighted by Gasteiger charge is 2.48. The summed E-state index contributed by atoms with van der Waals surface area (Å²) in [6.07, 6.45) is -9.19. The van der Waals surface area contributed by atoms with E-state index in [2.05, 4.69) is 10.0 Å². The van der Waals surface area contributed by atoms with Gasteiger partial charge in [0.25, 0.3) is 0 Å². The fourth-order valence-electron chi connectivity index (χ4n) is 1.67. The largest absolute Gasteiger partial charge is 0.387 e. The summed E-state index contributed by atoms with van der Waals surface area (Å²) < 4.78 is 5.00. The molecule has 1 saturated carbocycles. The number of hydrogen-bond donors (Lipinski definition) is 5. The molecule has 0 aromatic rings. The van der Waals surface area contributed by atoms with Gasteiger partial charge in [0.05, 0.1) is 6.61 Å². The van der Waals surface area contributed by atoms with Gasteiger partial charge >= 0.3 is 0 Å². The molecule has 0 amide bonds. The van der Waals surface area contributed by atoms with Gasteiger partial charge in [0.1, 0.15) is 36.6 Å². The maximum Gasteiger partial charge on any atom is 0.114 e. The Bertz CT molecular complexity index is 281. The van der Waals surface area contributed by atoms with E-state index >= 15 is 0 Å². The minimum Gasteiger partial charge on any atom is -0.387 e. The molecule has 9 nitrogen and oxygen atoms in total. The zero-order chi connectivity index (χ0) is 13.0. The molecule has 0 radical (unpaired) electrons. The van der Waals surface area contributed by atoms with Gasteiger partial charge in [-0.15, -0.1) is 0 Å². The van der Waals surface area contributed by atoms with Crippen LogP contribution in [-0.2, 0) is 4.74 Å². The van der Waals surface area contributed by atoms with E-state index in [1.165, 1.54) is 0 Å². The molecule has 6 atom stereocenters. The van der Waals surface area contributed by atoms with Crippen molar-refractivity contribution in [3.63, 3.8) is 0 Å². The Balaban J connectivity index is 2.59. The molecule has 1 aliphatic rings. The van der Waals surface area contributed by atoms with Crippen molar-refractivity contribution in [2.45, 2.75) is 36.6 Å². The SMILES string of the molecule is [N-]=[N+]=NCCO[C@H]1[C@H](O)[C@H](O)[C@H](O)[C@@H](O)[C@@H]1O. The predicted molar refractivity (Wildman–Crippen MR) is 53.8 cm³/mol. The maximum absolute atomic E-state index is 9.54. The van der Waals surface area contributed by atoms with Crippen LogP contribution < -0.4 is 0 Å². The van der Waals surface area contributed by atoms with Crippen molar-refractivity contribution in [1.82, 2.24) is 0 Å². The average molecular weight is 249 g/mol. The van der Waals surface area contributed by atoms with Crippen molar-refractivity contribution in [3.8, 4) is 0 Å². The van der Waals surface area contributed by atoms with Crippen molar-refractivity contribution in [2.24, 2.45) is 5.11 Å². The van der Waals surface area contributed by atoms with Gasteiger partial charge in [-0.3, -0.25) is 0 Å². The summed E-state index contributed by atoms with van der Waals surface area (Å²) in [6.45, 7) is -0.0977. The first kappa shape index (κ1) is 14.1. The van der Waals surface area contributed by atoms with E-state index in [0.29, 0.717) is 0 Å². The normalized spacial score (nSPS) is 41.9. The third-order valence-electron chi connectivity index (χ3n) is 2.64. The summed E-state index contributed by atoms with van der Waals surface area (Å²) in [5.74, 6) is 0. The second-order valence-corrected chi connectivity index (χ2v) is 3.74. The van der Waals surface area contributed by atoms with E-state index in [4.69, 9.17) is 10.3 Å². The van der Waals surface area contributed by atoms with Crippen molar-refractivity contribution in [2.75, 3.05) is 13.2 Å². The third-order valence-corrected chi connectivity index (χ3v) is 2.64. The minimum atomic E-state index is -1.64. The fraction of sp³-hybridized carbons (Fsp3) is 1.00. The molecule has 17 heavy (non-hydrogen) atoms. The Labute approximate surface area is 96.5 Å². The second kappa shape index (κ2) is 6.12. The Morgan fingerprint density at radius 2 is 1.41 bits per heavy atom. The molecule has 1 fully saturated rings. The monoisotopic (exact) mass is 249 g/mol. The molecule has 0 heterocycles. The van der Waals surface area contributed by atoms with Crippen molar-refractivity contribution < 1.29 is 30.3 Å². The van der Waals surface area contributed by atoms with Crippen molar-refractivity contribution >= 4 is 0 Å². The number of ether oxygens (including phenoxy) is 1. The van der Waals surface area contributed by atoms with Crippen LogP contribution in [0.3, 0.4) is 0 Å². The summed E-state index contributed by atoms with van der Waals surface area (Å²) in [5.41, 5.74) is 8.02. The highest BCUT2D eigenvalue weighted by Crippen LogP contribution is 2.23. The standard InChI is InChI=1S/C8H15N3O6/c9-11-10-1-2-17-8-6(15)4(13)3(12)5(14)7(8)16/h3-8,12-16H,1-2H2/t3-,4-,5-,6+,7-,8-/m1/s1. The molecule has 0 spiro atoms. The zero-order valence-electron chi connectivity index (χ0n) is 8.86. The molecule has 0 saturated heterocycles. The second-order valence-electron chi connectivity index (χ2n) is 3.74. The summed E-state index contributed by atoms with van der Waals surface area (Å²) in [6, 6.07) is 0. The number of rotatable bonds is 4. The minimum absolute atomic E-state index is 0.0127. The summed E-state index contributed by atoms with van der Waals surface area (Å²) in [4.78, 5) is 2.48. The first-order valence-electron chi connectivity index (χ1n) is 5.03. The number of azide groups is 1. The van der Waals surface area contributed by atoms with Gasteiger partial charge in [0.15, 0.2) is 0 Å². The average Bonchev–Trinajstić information content (AvgIpc) is 2.33. The number of nitrogens with zero attached hydrogens (tertiary/aromatic N) is 3. The van der Waals surface area contributed by atoms with Crippen LogP contribution in [0.4, 0.5) is 0 Å². The molecule has 9 heteroatoms. The van der Waals surface area contributed by atoms with Gasteiger partial charge in [-0.1, -0.05) is 5.11 Å². The Kier molecular flexibility index (Phi) is 5.09. The van der Waals surface area contributed by atoms with Crippen LogP contribution in [-0.4, -0.2) is 75.3 Å². The van der Waals surface area contributed by atoms with Crippen LogP contribution in [0.1, 0.15) is 0 Å². The zero-order valence-corrected chi connectivity index (χ0v) is 8.86. The van der Waals surface area contributed by atoms with Gasteiger partial charge in [-0.2, -0.15) is 0 Å². The van der Waals surface area contributed by atoms with E-state index in [0.717, 1.165) is 0 Å². The van der Waals surface area contributed by atoms with Gasteiger partial charge < -0.3 is 30.3 Å². The molecule has 5 N–H and O–H groups in total. The molecule has 1 rings (SSSR count). The molecule has 98 valence electrons. The Morgan fingerprint density at radius 3 is 1.88 bits per heavy atom. The number of aliphatic hydroxyl groups is 5. The quantitative estimate of drug-likeness (QED) is 0.160. The molecule has 1 aliphatic carbocycles. The predicted octanol–water partition coefficient (Wildman–Crippen LogP) is -2.50. The van der Waals surface area contributed by atoms with E-state index in [1.807, 2.05) is 0 Å². The molecular weight excluding hydrogens is 234 g/mol. The van der Waals surface area contributed by atoms with Crippen LogP contribution in [0.15, 0.2) is 5.11 Å². The molecule has 0 bridgehead atoms. The van der Waals surface area contributed by atoms with Crippen LogP contribution in [0, 0.1) is 0 Å². The summed E-state index contributed by atoms with van der Waals surface area (Å²) in [7, 11) is 0. The number of hydrogen-bond acceptors (Lipinski definition) is 7.